The zero-order valence-electron chi connectivity index (χ0n) is 12.4. The third kappa shape index (κ3) is 3.61. The Balaban J connectivity index is 2.25. The minimum absolute atomic E-state index is 0.0192. The van der Waals surface area contributed by atoms with Crippen LogP contribution in [0.25, 0.3) is 0 Å². The number of aryl methyl sites for hydroxylation is 1. The Labute approximate surface area is 124 Å². The molecule has 0 aliphatic carbocycles. The van der Waals surface area contributed by atoms with Gasteiger partial charge in [-0.05, 0) is 25.3 Å². The van der Waals surface area contributed by atoms with Crippen molar-refractivity contribution >= 4 is 11.9 Å². The van der Waals surface area contributed by atoms with E-state index in [1.807, 2.05) is 25.1 Å². The molecule has 2 unspecified atom stereocenters. The summed E-state index contributed by atoms with van der Waals surface area (Å²) >= 11 is 0. The highest BCUT2D eigenvalue weighted by molar-refractivity contribution is 5.79. The van der Waals surface area contributed by atoms with Gasteiger partial charge in [0.05, 0.1) is 12.0 Å². The molecule has 0 bridgehead atoms. The number of likely N-dealkylation sites (tertiary alicyclic amines) is 1. The molecule has 1 saturated heterocycles. The summed E-state index contributed by atoms with van der Waals surface area (Å²) < 4.78 is 4.92. The van der Waals surface area contributed by atoms with Crippen molar-refractivity contribution in [3.8, 4) is 0 Å². The lowest BCUT2D eigenvalue weighted by molar-refractivity contribution is -0.149. The van der Waals surface area contributed by atoms with Gasteiger partial charge in [-0.25, -0.2) is 0 Å². The first-order chi connectivity index (χ1) is 10.0. The monoisotopic (exact) mass is 291 g/mol. The SMILES string of the molecule is COCC(=O)N1CC(C(=O)O)CCC1c1cccc(C)c1. The van der Waals surface area contributed by atoms with Gasteiger partial charge in [0.2, 0.25) is 5.91 Å². The maximum Gasteiger partial charge on any atom is 0.308 e. The number of amides is 1. The molecule has 0 radical (unpaired) electrons. The van der Waals surface area contributed by atoms with Crippen LogP contribution in [0.5, 0.6) is 0 Å². The highest BCUT2D eigenvalue weighted by atomic mass is 16.5. The molecule has 1 aromatic carbocycles. The number of carboxylic acid groups (broad SMARTS) is 1. The van der Waals surface area contributed by atoms with Crippen molar-refractivity contribution in [3.05, 3.63) is 35.4 Å². The average molecular weight is 291 g/mol. The molecule has 1 aliphatic rings. The lowest BCUT2D eigenvalue weighted by Gasteiger charge is -2.38. The van der Waals surface area contributed by atoms with Crippen molar-refractivity contribution in [3.63, 3.8) is 0 Å². The van der Waals surface area contributed by atoms with E-state index >= 15 is 0 Å². The van der Waals surface area contributed by atoms with Crippen molar-refractivity contribution in [2.24, 2.45) is 5.92 Å². The fraction of sp³-hybridized carbons (Fsp3) is 0.500. The molecule has 2 atom stereocenters. The van der Waals surface area contributed by atoms with Gasteiger partial charge >= 0.3 is 5.97 Å². The minimum atomic E-state index is -0.840. The number of aliphatic carboxylic acids is 1. The first-order valence-corrected chi connectivity index (χ1v) is 7.10. The van der Waals surface area contributed by atoms with E-state index < -0.39 is 11.9 Å². The highest BCUT2D eigenvalue weighted by Gasteiger charge is 2.35. The van der Waals surface area contributed by atoms with Crippen molar-refractivity contribution in [2.45, 2.75) is 25.8 Å². The quantitative estimate of drug-likeness (QED) is 0.921. The van der Waals surface area contributed by atoms with Crippen molar-refractivity contribution in [1.82, 2.24) is 4.90 Å². The van der Waals surface area contributed by atoms with E-state index in [0.29, 0.717) is 12.8 Å². The molecule has 114 valence electrons. The fourth-order valence-corrected chi connectivity index (χ4v) is 2.88. The third-order valence-electron chi connectivity index (χ3n) is 3.95. The maximum atomic E-state index is 12.2. The van der Waals surface area contributed by atoms with Crippen molar-refractivity contribution in [2.75, 3.05) is 20.3 Å². The molecule has 5 nitrogen and oxygen atoms in total. The van der Waals surface area contributed by atoms with Gasteiger partial charge in [0.25, 0.3) is 0 Å². The van der Waals surface area contributed by atoms with E-state index in [2.05, 4.69) is 6.07 Å². The van der Waals surface area contributed by atoms with E-state index in [1.54, 1.807) is 4.90 Å². The molecule has 2 rings (SSSR count). The first kappa shape index (κ1) is 15.5. The normalized spacial score (nSPS) is 22.1. The van der Waals surface area contributed by atoms with Crippen LogP contribution in [0.15, 0.2) is 24.3 Å². The van der Waals surface area contributed by atoms with Gasteiger partial charge in [0.15, 0.2) is 0 Å². The zero-order valence-corrected chi connectivity index (χ0v) is 12.4. The van der Waals surface area contributed by atoms with Crippen LogP contribution in [0, 0.1) is 12.8 Å². The predicted octanol–water partition coefficient (Wildman–Crippen LogP) is 2.01. The van der Waals surface area contributed by atoms with E-state index in [9.17, 15) is 14.7 Å². The Morgan fingerprint density at radius 1 is 1.38 bits per heavy atom. The number of piperidine rings is 1. The van der Waals surface area contributed by atoms with Gasteiger partial charge < -0.3 is 14.7 Å². The second-order valence-electron chi connectivity index (χ2n) is 5.52. The van der Waals surface area contributed by atoms with Crippen LogP contribution in [-0.2, 0) is 14.3 Å². The van der Waals surface area contributed by atoms with Crippen LogP contribution in [-0.4, -0.2) is 42.1 Å². The summed E-state index contributed by atoms with van der Waals surface area (Å²) in [6.45, 7) is 2.23. The summed E-state index contributed by atoms with van der Waals surface area (Å²) in [6, 6.07) is 7.95. The number of nitrogens with zero attached hydrogens (tertiary/aromatic N) is 1. The number of carbonyl (C=O) groups is 2. The molecule has 0 aromatic heterocycles. The number of methoxy groups -OCH3 is 1. The number of rotatable bonds is 4. The summed E-state index contributed by atoms with van der Waals surface area (Å²) in [7, 11) is 1.47. The molecular formula is C16H21NO4. The second kappa shape index (κ2) is 6.72. The van der Waals surface area contributed by atoms with E-state index in [1.165, 1.54) is 7.11 Å². The minimum Gasteiger partial charge on any atom is -0.481 e. The van der Waals surface area contributed by atoms with Gasteiger partial charge in [-0.3, -0.25) is 9.59 Å². The zero-order chi connectivity index (χ0) is 15.4. The Kier molecular flexibility index (Phi) is 4.96. The Bertz CT molecular complexity index is 529. The summed E-state index contributed by atoms with van der Waals surface area (Å²) in [5.41, 5.74) is 2.19. The lowest BCUT2D eigenvalue weighted by atomic mass is 9.88. The molecule has 1 fully saturated rings. The van der Waals surface area contributed by atoms with E-state index in [4.69, 9.17) is 4.74 Å². The molecular weight excluding hydrogens is 270 g/mol. The van der Waals surface area contributed by atoms with Crippen LogP contribution in [0.1, 0.15) is 30.0 Å². The highest BCUT2D eigenvalue weighted by Crippen LogP contribution is 2.34. The Morgan fingerprint density at radius 2 is 2.14 bits per heavy atom. The van der Waals surface area contributed by atoms with Gasteiger partial charge in [0, 0.05) is 13.7 Å². The molecule has 5 heteroatoms. The lowest BCUT2D eigenvalue weighted by Crippen LogP contribution is -2.45. The van der Waals surface area contributed by atoms with E-state index in [-0.39, 0.29) is 25.1 Å². The standard InChI is InChI=1S/C16H21NO4/c1-11-4-3-5-12(8-11)14-7-6-13(16(19)20)9-17(14)15(18)10-21-2/h3-5,8,13-14H,6-7,9-10H2,1-2H3,(H,19,20). The number of carboxylic acids is 1. The summed E-state index contributed by atoms with van der Waals surface area (Å²) in [6.07, 6.45) is 1.25. The van der Waals surface area contributed by atoms with Gasteiger partial charge in [-0.2, -0.15) is 0 Å². The maximum absolute atomic E-state index is 12.2. The number of carbonyl (C=O) groups excluding carboxylic acids is 1. The summed E-state index contributed by atoms with van der Waals surface area (Å²) in [5.74, 6) is -1.49. The van der Waals surface area contributed by atoms with Crippen LogP contribution in [0.4, 0.5) is 0 Å². The van der Waals surface area contributed by atoms with Gasteiger partial charge in [-0.15, -0.1) is 0 Å². The van der Waals surface area contributed by atoms with Crippen LogP contribution in [0.2, 0.25) is 0 Å². The summed E-state index contributed by atoms with van der Waals surface area (Å²) in [4.78, 5) is 25.1. The van der Waals surface area contributed by atoms with Crippen LogP contribution >= 0.6 is 0 Å². The smallest absolute Gasteiger partial charge is 0.308 e. The molecule has 0 saturated carbocycles. The van der Waals surface area contributed by atoms with E-state index in [0.717, 1.165) is 11.1 Å². The molecule has 1 aliphatic heterocycles. The Morgan fingerprint density at radius 3 is 2.76 bits per heavy atom. The Hall–Kier alpha value is -1.88. The average Bonchev–Trinajstić information content (AvgIpc) is 2.46. The van der Waals surface area contributed by atoms with Gasteiger partial charge in [-0.1, -0.05) is 29.8 Å². The molecule has 1 aromatic rings. The van der Waals surface area contributed by atoms with Crippen LogP contribution in [0.3, 0.4) is 0 Å². The molecule has 21 heavy (non-hydrogen) atoms. The molecule has 1 N–H and O–H groups in total. The second-order valence-corrected chi connectivity index (χ2v) is 5.52. The first-order valence-electron chi connectivity index (χ1n) is 7.10. The molecule has 0 spiro atoms. The molecule has 1 amide bonds. The van der Waals surface area contributed by atoms with Crippen LogP contribution < -0.4 is 0 Å². The van der Waals surface area contributed by atoms with Crippen molar-refractivity contribution in [1.29, 1.82) is 0 Å². The number of hydrogen-bond acceptors (Lipinski definition) is 3. The largest absolute Gasteiger partial charge is 0.481 e. The number of ether oxygens (including phenoxy) is 1. The molecule has 1 heterocycles. The van der Waals surface area contributed by atoms with Gasteiger partial charge in [0.1, 0.15) is 6.61 Å². The predicted molar refractivity (Wildman–Crippen MR) is 77.9 cm³/mol. The third-order valence-corrected chi connectivity index (χ3v) is 3.95. The fourth-order valence-electron chi connectivity index (χ4n) is 2.88. The van der Waals surface area contributed by atoms with Crippen molar-refractivity contribution < 1.29 is 19.4 Å². The summed E-state index contributed by atoms with van der Waals surface area (Å²) in [5, 5.41) is 9.20. The number of hydrogen-bond donors (Lipinski definition) is 1. The topological polar surface area (TPSA) is 66.8 Å². The number of benzene rings is 1.